The molecule has 0 amide bonds. The van der Waals surface area contributed by atoms with Crippen molar-refractivity contribution in [2.75, 3.05) is 43.1 Å². The highest BCUT2D eigenvalue weighted by Gasteiger charge is 2.36. The minimum atomic E-state index is -4.63. The van der Waals surface area contributed by atoms with Crippen LogP contribution in [0.5, 0.6) is 5.75 Å². The number of halogens is 3. The van der Waals surface area contributed by atoms with Gasteiger partial charge in [-0.25, -0.2) is 19.9 Å². The quantitative estimate of drug-likeness (QED) is 0.681. The number of aromatic nitrogens is 4. The highest BCUT2D eigenvalue weighted by Crippen LogP contribution is 2.33. The van der Waals surface area contributed by atoms with E-state index >= 15 is 0 Å². The molecule has 146 valence electrons. The molecular weight excluding hydrogens is 373 g/mol. The van der Waals surface area contributed by atoms with Crippen LogP contribution in [0.3, 0.4) is 0 Å². The number of fused-ring (bicyclic) bond motifs is 1. The van der Waals surface area contributed by atoms with E-state index in [2.05, 4.69) is 19.9 Å². The van der Waals surface area contributed by atoms with Crippen LogP contribution in [0, 0.1) is 0 Å². The molecule has 1 saturated heterocycles. The largest absolute Gasteiger partial charge is 0.497 e. The summed E-state index contributed by atoms with van der Waals surface area (Å²) in [6.45, 7) is 2.14. The number of rotatable bonds is 3. The normalized spacial score (nSPS) is 15.1. The van der Waals surface area contributed by atoms with E-state index in [1.807, 2.05) is 9.80 Å². The van der Waals surface area contributed by atoms with Gasteiger partial charge in [0.1, 0.15) is 11.6 Å². The van der Waals surface area contributed by atoms with Gasteiger partial charge in [0.2, 0.25) is 11.8 Å². The number of methoxy groups -OCH3 is 1. The molecule has 0 aliphatic carbocycles. The van der Waals surface area contributed by atoms with Crippen molar-refractivity contribution < 1.29 is 17.9 Å². The van der Waals surface area contributed by atoms with E-state index < -0.39 is 12.0 Å². The van der Waals surface area contributed by atoms with E-state index in [4.69, 9.17) is 4.74 Å². The Hall–Kier alpha value is -3.17. The van der Waals surface area contributed by atoms with Crippen molar-refractivity contribution in [1.82, 2.24) is 19.9 Å². The first-order valence-corrected chi connectivity index (χ1v) is 8.65. The molecule has 0 saturated carbocycles. The molecule has 0 unspecified atom stereocenters. The van der Waals surface area contributed by atoms with Crippen molar-refractivity contribution in [1.29, 1.82) is 0 Å². The van der Waals surface area contributed by atoms with Gasteiger partial charge in [-0.2, -0.15) is 13.2 Å². The van der Waals surface area contributed by atoms with Crippen molar-refractivity contribution in [2.45, 2.75) is 6.18 Å². The van der Waals surface area contributed by atoms with Crippen molar-refractivity contribution >= 4 is 22.7 Å². The predicted molar refractivity (Wildman–Crippen MR) is 97.6 cm³/mol. The zero-order valence-corrected chi connectivity index (χ0v) is 15.0. The predicted octanol–water partition coefficient (Wildman–Crippen LogP) is 2.77. The lowest BCUT2D eigenvalue weighted by molar-refractivity contribution is -0.144. The topological polar surface area (TPSA) is 67.3 Å². The molecule has 1 aliphatic rings. The minimum Gasteiger partial charge on any atom is -0.497 e. The third-order valence-corrected chi connectivity index (χ3v) is 4.55. The van der Waals surface area contributed by atoms with Gasteiger partial charge in [0.15, 0.2) is 0 Å². The van der Waals surface area contributed by atoms with Crippen LogP contribution in [-0.4, -0.2) is 53.2 Å². The lowest BCUT2D eigenvalue weighted by Gasteiger charge is -2.35. The molecule has 1 aliphatic heterocycles. The molecule has 0 atom stereocenters. The number of nitrogens with zero attached hydrogens (tertiary/aromatic N) is 6. The highest BCUT2D eigenvalue weighted by atomic mass is 19.4. The first-order valence-electron chi connectivity index (χ1n) is 8.65. The van der Waals surface area contributed by atoms with Crippen LogP contribution in [-0.2, 0) is 6.18 Å². The zero-order chi connectivity index (χ0) is 19.7. The van der Waals surface area contributed by atoms with Gasteiger partial charge in [0.25, 0.3) is 0 Å². The summed E-state index contributed by atoms with van der Waals surface area (Å²) in [5, 5.41) is 0.554. The summed E-state index contributed by atoms with van der Waals surface area (Å²) in [6.07, 6.45) is -1.31. The Morgan fingerprint density at radius 2 is 1.64 bits per heavy atom. The third kappa shape index (κ3) is 3.49. The molecule has 0 spiro atoms. The summed E-state index contributed by atoms with van der Waals surface area (Å²) in [5.74, 6) is 0.164. The Morgan fingerprint density at radius 1 is 0.964 bits per heavy atom. The Morgan fingerprint density at radius 3 is 2.29 bits per heavy atom. The molecule has 3 aromatic rings. The molecule has 4 rings (SSSR count). The summed E-state index contributed by atoms with van der Waals surface area (Å²) in [6, 6.07) is 6.61. The van der Waals surface area contributed by atoms with Crippen LogP contribution in [0.1, 0.15) is 5.82 Å². The molecule has 3 heterocycles. The minimum absolute atomic E-state index is 0.200. The molecule has 0 radical (unpaired) electrons. The number of hydrogen-bond acceptors (Lipinski definition) is 7. The average Bonchev–Trinajstić information content (AvgIpc) is 2.72. The maximum absolute atomic E-state index is 13.3. The van der Waals surface area contributed by atoms with Gasteiger partial charge in [-0.05, 0) is 18.2 Å². The fourth-order valence-corrected chi connectivity index (χ4v) is 3.16. The first-order chi connectivity index (χ1) is 13.5. The molecular formula is C18H17F3N6O. The van der Waals surface area contributed by atoms with Gasteiger partial charge in [0, 0.05) is 50.0 Å². The van der Waals surface area contributed by atoms with Gasteiger partial charge in [-0.1, -0.05) is 0 Å². The molecule has 7 nitrogen and oxygen atoms in total. The van der Waals surface area contributed by atoms with Crippen molar-refractivity contribution in [3.63, 3.8) is 0 Å². The molecule has 2 aromatic heterocycles. The summed E-state index contributed by atoms with van der Waals surface area (Å²) in [4.78, 5) is 19.8. The second kappa shape index (κ2) is 7.10. The van der Waals surface area contributed by atoms with Crippen molar-refractivity contribution in [3.8, 4) is 5.75 Å². The number of hydrogen-bond donors (Lipinski definition) is 0. The Bertz CT molecular complexity index is 974. The molecule has 0 bridgehead atoms. The SMILES string of the molecule is COc1ccc2c(N3CCN(c4ncccn4)CC3)nc(C(F)(F)F)nc2c1. The molecule has 1 fully saturated rings. The first kappa shape index (κ1) is 18.2. The Balaban J connectivity index is 1.68. The number of benzene rings is 1. The number of piperazine rings is 1. The van der Waals surface area contributed by atoms with Gasteiger partial charge >= 0.3 is 6.18 Å². The number of alkyl halides is 3. The molecule has 28 heavy (non-hydrogen) atoms. The number of ether oxygens (including phenoxy) is 1. The molecule has 10 heteroatoms. The van der Waals surface area contributed by atoms with E-state index in [1.165, 1.54) is 13.2 Å². The number of anilines is 2. The fourth-order valence-electron chi connectivity index (χ4n) is 3.16. The van der Waals surface area contributed by atoms with Gasteiger partial charge < -0.3 is 14.5 Å². The second-order valence-corrected chi connectivity index (χ2v) is 6.27. The Kier molecular flexibility index (Phi) is 4.62. The maximum atomic E-state index is 13.3. The van der Waals surface area contributed by atoms with E-state index in [1.54, 1.807) is 30.6 Å². The van der Waals surface area contributed by atoms with E-state index in [0.29, 0.717) is 43.3 Å². The summed E-state index contributed by atoms with van der Waals surface area (Å²) in [7, 11) is 1.46. The van der Waals surface area contributed by atoms with E-state index in [0.717, 1.165) is 0 Å². The lowest BCUT2D eigenvalue weighted by Crippen LogP contribution is -2.47. The monoisotopic (exact) mass is 390 g/mol. The molecule has 0 N–H and O–H groups in total. The lowest BCUT2D eigenvalue weighted by atomic mass is 10.2. The van der Waals surface area contributed by atoms with E-state index in [9.17, 15) is 13.2 Å². The van der Waals surface area contributed by atoms with Crippen LogP contribution in [0.4, 0.5) is 24.9 Å². The Labute approximate surface area is 158 Å². The van der Waals surface area contributed by atoms with E-state index in [-0.39, 0.29) is 11.3 Å². The van der Waals surface area contributed by atoms with Crippen LogP contribution >= 0.6 is 0 Å². The standard InChI is InChI=1S/C18H17F3N6O/c1-28-12-3-4-13-14(11-12)24-16(18(19,20)21)25-15(13)26-7-9-27(10-8-26)17-22-5-2-6-23-17/h2-6,11H,7-10H2,1H3. The zero-order valence-electron chi connectivity index (χ0n) is 15.0. The smallest absolute Gasteiger partial charge is 0.451 e. The highest BCUT2D eigenvalue weighted by molar-refractivity contribution is 5.90. The summed E-state index contributed by atoms with van der Waals surface area (Å²) >= 11 is 0. The van der Waals surface area contributed by atoms with Crippen molar-refractivity contribution in [3.05, 3.63) is 42.5 Å². The van der Waals surface area contributed by atoms with Crippen LogP contribution < -0.4 is 14.5 Å². The summed E-state index contributed by atoms with van der Waals surface area (Å²) in [5.41, 5.74) is 0.200. The third-order valence-electron chi connectivity index (χ3n) is 4.55. The second-order valence-electron chi connectivity index (χ2n) is 6.27. The average molecular weight is 390 g/mol. The van der Waals surface area contributed by atoms with Gasteiger partial charge in [-0.15, -0.1) is 0 Å². The summed E-state index contributed by atoms with van der Waals surface area (Å²) < 4.78 is 45.1. The van der Waals surface area contributed by atoms with Gasteiger partial charge in [0.05, 0.1) is 12.6 Å². The van der Waals surface area contributed by atoms with Gasteiger partial charge in [-0.3, -0.25) is 0 Å². The molecule has 1 aromatic carbocycles. The van der Waals surface area contributed by atoms with Crippen molar-refractivity contribution in [2.24, 2.45) is 0 Å². The van der Waals surface area contributed by atoms with Crippen LogP contribution in [0.2, 0.25) is 0 Å². The van der Waals surface area contributed by atoms with Crippen LogP contribution in [0.25, 0.3) is 10.9 Å². The fraction of sp³-hybridized carbons (Fsp3) is 0.333. The maximum Gasteiger partial charge on any atom is 0.451 e. The van der Waals surface area contributed by atoms with Crippen LogP contribution in [0.15, 0.2) is 36.7 Å².